The summed E-state index contributed by atoms with van der Waals surface area (Å²) < 4.78 is 11.4. The minimum Gasteiger partial charge on any atom is -0.507 e. The number of benzene rings is 3. The number of hydrogen-bond acceptors (Lipinski definition) is 5. The number of para-hydroxylation sites is 1. The third-order valence-electron chi connectivity index (χ3n) is 4.82. The zero-order valence-electron chi connectivity index (χ0n) is 16.8. The maximum Gasteiger partial charge on any atom is 0.262 e. The maximum absolute atomic E-state index is 12.3. The van der Waals surface area contributed by atoms with Crippen LogP contribution in [0.3, 0.4) is 0 Å². The van der Waals surface area contributed by atoms with E-state index in [0.717, 1.165) is 23.1 Å². The number of carbonyl (C=O) groups excluding carboxylic acids is 1. The average molecular weight is 402 g/mol. The molecular weight excluding hydrogens is 380 g/mol. The van der Waals surface area contributed by atoms with E-state index in [-0.39, 0.29) is 18.3 Å². The maximum atomic E-state index is 12.3. The van der Waals surface area contributed by atoms with Crippen LogP contribution >= 0.6 is 0 Å². The molecule has 4 aromatic rings. The van der Waals surface area contributed by atoms with Gasteiger partial charge in [-0.3, -0.25) is 4.79 Å². The first kappa shape index (κ1) is 19.5. The first-order chi connectivity index (χ1) is 14.5. The number of anilines is 1. The number of amides is 1. The molecule has 6 nitrogen and oxygen atoms in total. The molecule has 0 saturated carbocycles. The highest BCUT2D eigenvalue weighted by molar-refractivity contribution is 5.93. The van der Waals surface area contributed by atoms with Gasteiger partial charge in [-0.1, -0.05) is 31.2 Å². The van der Waals surface area contributed by atoms with Gasteiger partial charge in [-0.25, -0.2) is 4.98 Å². The number of aryl methyl sites for hydroxylation is 2. The minimum atomic E-state index is -0.306. The summed E-state index contributed by atoms with van der Waals surface area (Å²) in [5.41, 5.74) is 4.40. The van der Waals surface area contributed by atoms with Crippen molar-refractivity contribution >= 4 is 22.7 Å². The third-order valence-corrected chi connectivity index (χ3v) is 4.82. The van der Waals surface area contributed by atoms with Crippen molar-refractivity contribution in [1.29, 1.82) is 0 Å². The summed E-state index contributed by atoms with van der Waals surface area (Å²) >= 11 is 0. The predicted octanol–water partition coefficient (Wildman–Crippen LogP) is 5.09. The fourth-order valence-electron chi connectivity index (χ4n) is 3.15. The van der Waals surface area contributed by atoms with Crippen LogP contribution in [0.25, 0.3) is 22.6 Å². The van der Waals surface area contributed by atoms with Crippen LogP contribution in [0.4, 0.5) is 5.69 Å². The van der Waals surface area contributed by atoms with Crippen molar-refractivity contribution in [2.24, 2.45) is 0 Å². The van der Waals surface area contributed by atoms with Crippen molar-refractivity contribution < 1.29 is 19.1 Å². The van der Waals surface area contributed by atoms with Gasteiger partial charge in [-0.05, 0) is 60.9 Å². The van der Waals surface area contributed by atoms with Crippen molar-refractivity contribution in [3.63, 3.8) is 0 Å². The summed E-state index contributed by atoms with van der Waals surface area (Å²) in [5, 5.41) is 13.1. The number of carbonyl (C=O) groups is 1. The van der Waals surface area contributed by atoms with E-state index in [1.165, 1.54) is 6.07 Å². The highest BCUT2D eigenvalue weighted by atomic mass is 16.5. The molecule has 3 aromatic carbocycles. The molecule has 0 aliphatic heterocycles. The molecule has 0 saturated heterocycles. The van der Waals surface area contributed by atoms with E-state index in [1.54, 1.807) is 12.1 Å². The Hall–Kier alpha value is -3.80. The number of phenolic OH excluding ortho intramolecular Hbond substituents is 1. The first-order valence-corrected chi connectivity index (χ1v) is 9.74. The van der Waals surface area contributed by atoms with Gasteiger partial charge in [0.1, 0.15) is 17.0 Å². The summed E-state index contributed by atoms with van der Waals surface area (Å²) in [5.74, 6) is 0.673. The largest absolute Gasteiger partial charge is 0.507 e. The number of nitrogens with zero attached hydrogens (tertiary/aromatic N) is 1. The first-order valence-electron chi connectivity index (χ1n) is 9.74. The van der Waals surface area contributed by atoms with E-state index < -0.39 is 0 Å². The van der Waals surface area contributed by atoms with Crippen LogP contribution in [0.5, 0.6) is 11.5 Å². The van der Waals surface area contributed by atoms with Crippen LogP contribution in [0, 0.1) is 6.92 Å². The van der Waals surface area contributed by atoms with Crippen molar-refractivity contribution in [1.82, 2.24) is 4.98 Å². The lowest BCUT2D eigenvalue weighted by atomic mass is 10.1. The zero-order valence-corrected chi connectivity index (χ0v) is 16.8. The second-order valence-electron chi connectivity index (χ2n) is 7.01. The second-order valence-corrected chi connectivity index (χ2v) is 7.01. The molecule has 2 N–H and O–H groups in total. The Morgan fingerprint density at radius 1 is 1.13 bits per heavy atom. The number of phenols is 1. The molecule has 6 heteroatoms. The second kappa shape index (κ2) is 8.29. The van der Waals surface area contributed by atoms with Gasteiger partial charge in [0, 0.05) is 5.69 Å². The molecule has 0 unspecified atom stereocenters. The Labute approximate surface area is 174 Å². The Bertz CT molecular complexity index is 1210. The molecule has 0 atom stereocenters. The van der Waals surface area contributed by atoms with E-state index in [1.807, 2.05) is 49.4 Å². The number of ether oxygens (including phenoxy) is 1. The predicted molar refractivity (Wildman–Crippen MR) is 116 cm³/mol. The molecule has 0 spiro atoms. The SMILES string of the molecule is CCc1ccc2oc(-c3cc(NC(=O)COc4ccccc4C)ccc3O)nc2c1. The summed E-state index contributed by atoms with van der Waals surface area (Å²) in [4.78, 5) is 16.8. The van der Waals surface area contributed by atoms with Gasteiger partial charge in [0.15, 0.2) is 12.2 Å². The number of fused-ring (bicyclic) bond motifs is 1. The summed E-state index contributed by atoms with van der Waals surface area (Å²) in [6, 6.07) is 18.1. The molecule has 1 amide bonds. The Morgan fingerprint density at radius 2 is 1.97 bits per heavy atom. The standard InChI is InChI=1S/C24H22N2O4/c1-3-16-8-11-22-19(12-16)26-24(30-22)18-13-17(9-10-20(18)27)25-23(28)14-29-21-7-5-4-6-15(21)2/h4-13,27H,3,14H2,1-2H3,(H,25,28). The van der Waals surface area contributed by atoms with Gasteiger partial charge in [-0.2, -0.15) is 0 Å². The van der Waals surface area contributed by atoms with Gasteiger partial charge < -0.3 is 19.6 Å². The summed E-state index contributed by atoms with van der Waals surface area (Å²) in [6.45, 7) is 3.87. The van der Waals surface area contributed by atoms with Crippen molar-refractivity contribution in [2.75, 3.05) is 11.9 Å². The van der Waals surface area contributed by atoms with Crippen LogP contribution in [0.1, 0.15) is 18.1 Å². The Morgan fingerprint density at radius 3 is 2.77 bits per heavy atom. The highest BCUT2D eigenvalue weighted by Crippen LogP contribution is 2.33. The molecule has 4 rings (SSSR count). The van der Waals surface area contributed by atoms with Gasteiger partial charge in [0.2, 0.25) is 5.89 Å². The monoisotopic (exact) mass is 402 g/mol. The van der Waals surface area contributed by atoms with E-state index >= 15 is 0 Å². The number of oxazole rings is 1. The average Bonchev–Trinajstić information content (AvgIpc) is 3.17. The number of rotatable bonds is 6. The van der Waals surface area contributed by atoms with Gasteiger partial charge in [0.25, 0.3) is 5.91 Å². The van der Waals surface area contributed by atoms with E-state index in [9.17, 15) is 9.90 Å². The van der Waals surface area contributed by atoms with Gasteiger partial charge in [0.05, 0.1) is 5.56 Å². The lowest BCUT2D eigenvalue weighted by molar-refractivity contribution is -0.118. The highest BCUT2D eigenvalue weighted by Gasteiger charge is 2.14. The van der Waals surface area contributed by atoms with E-state index in [4.69, 9.17) is 9.15 Å². The third kappa shape index (κ3) is 4.12. The number of hydrogen-bond donors (Lipinski definition) is 2. The fourth-order valence-corrected chi connectivity index (χ4v) is 3.15. The Balaban J connectivity index is 1.52. The number of nitrogens with one attached hydrogen (secondary N) is 1. The summed E-state index contributed by atoms with van der Waals surface area (Å²) in [7, 11) is 0. The van der Waals surface area contributed by atoms with E-state index in [2.05, 4.69) is 17.2 Å². The minimum absolute atomic E-state index is 0.0198. The molecule has 1 heterocycles. The fraction of sp³-hybridized carbons (Fsp3) is 0.167. The van der Waals surface area contributed by atoms with Crippen LogP contribution in [0.15, 0.2) is 65.1 Å². The zero-order chi connectivity index (χ0) is 21.1. The van der Waals surface area contributed by atoms with Crippen molar-refractivity contribution in [3.05, 3.63) is 71.8 Å². The van der Waals surface area contributed by atoms with Crippen LogP contribution < -0.4 is 10.1 Å². The topological polar surface area (TPSA) is 84.6 Å². The van der Waals surface area contributed by atoms with Crippen molar-refractivity contribution in [2.45, 2.75) is 20.3 Å². The normalized spacial score (nSPS) is 10.9. The number of aromatic hydroxyl groups is 1. The Kier molecular flexibility index (Phi) is 5.39. The number of aromatic nitrogens is 1. The smallest absolute Gasteiger partial charge is 0.262 e. The van der Waals surface area contributed by atoms with Crippen LogP contribution in [-0.4, -0.2) is 22.6 Å². The summed E-state index contributed by atoms with van der Waals surface area (Å²) in [6.07, 6.45) is 0.898. The quantitative estimate of drug-likeness (QED) is 0.439. The molecule has 1 aromatic heterocycles. The molecule has 0 aliphatic rings. The molecule has 0 fully saturated rings. The molecule has 0 bridgehead atoms. The van der Waals surface area contributed by atoms with Crippen LogP contribution in [-0.2, 0) is 11.2 Å². The van der Waals surface area contributed by atoms with Crippen molar-refractivity contribution in [3.8, 4) is 23.0 Å². The molecule has 30 heavy (non-hydrogen) atoms. The van der Waals surface area contributed by atoms with Crippen LogP contribution in [0.2, 0.25) is 0 Å². The van der Waals surface area contributed by atoms with Gasteiger partial charge >= 0.3 is 0 Å². The molecular formula is C24H22N2O4. The van der Waals surface area contributed by atoms with Gasteiger partial charge in [-0.15, -0.1) is 0 Å². The lowest BCUT2D eigenvalue weighted by Gasteiger charge is -2.10. The lowest BCUT2D eigenvalue weighted by Crippen LogP contribution is -2.20. The molecule has 0 aliphatic carbocycles. The molecule has 0 radical (unpaired) electrons. The van der Waals surface area contributed by atoms with E-state index in [0.29, 0.717) is 28.5 Å². The molecule has 152 valence electrons.